The Morgan fingerprint density at radius 1 is 1.24 bits per heavy atom. The Kier molecular flexibility index (Phi) is 2.65. The summed E-state index contributed by atoms with van der Waals surface area (Å²) in [6, 6.07) is 0. The number of rotatable bonds is 4. The van der Waals surface area contributed by atoms with Crippen LogP contribution >= 0.6 is 0 Å². The van der Waals surface area contributed by atoms with Gasteiger partial charge < -0.3 is 11.1 Å². The van der Waals surface area contributed by atoms with Crippen molar-refractivity contribution in [1.82, 2.24) is 9.97 Å². The smallest absolute Gasteiger partial charge is 0.136 e. The molecule has 0 radical (unpaired) electrons. The molecule has 2 saturated carbocycles. The van der Waals surface area contributed by atoms with Crippen molar-refractivity contribution in [3.8, 4) is 0 Å². The highest BCUT2D eigenvalue weighted by molar-refractivity contribution is 5.55. The molecule has 3 N–H and O–H groups in total. The maximum atomic E-state index is 5.95. The van der Waals surface area contributed by atoms with E-state index in [-0.39, 0.29) is 0 Å². The second kappa shape index (κ2) is 4.17. The van der Waals surface area contributed by atoms with Crippen molar-refractivity contribution >= 4 is 11.6 Å². The second-order valence-corrected chi connectivity index (χ2v) is 5.39. The number of hydrogen-bond acceptors (Lipinski definition) is 4. The Morgan fingerprint density at radius 3 is 2.59 bits per heavy atom. The van der Waals surface area contributed by atoms with Gasteiger partial charge in [0.1, 0.15) is 17.5 Å². The minimum absolute atomic E-state index is 0.558. The van der Waals surface area contributed by atoms with Gasteiger partial charge in [0.2, 0.25) is 0 Å². The van der Waals surface area contributed by atoms with Gasteiger partial charge in [0.15, 0.2) is 0 Å². The van der Waals surface area contributed by atoms with Crippen LogP contribution < -0.4 is 11.1 Å². The van der Waals surface area contributed by atoms with Crippen LogP contribution in [0.25, 0.3) is 0 Å². The minimum Gasteiger partial charge on any atom is -0.383 e. The molecule has 2 fully saturated rings. The summed E-state index contributed by atoms with van der Waals surface area (Å²) in [5.41, 5.74) is 6.94. The molecule has 1 heterocycles. The average Bonchev–Trinajstić information content (AvgIpc) is 3.05. The maximum Gasteiger partial charge on any atom is 0.136 e. The molecule has 3 rings (SSSR count). The molecule has 0 aromatic carbocycles. The lowest BCUT2D eigenvalue weighted by molar-refractivity contribution is 0.333. The van der Waals surface area contributed by atoms with E-state index in [0.717, 1.165) is 29.7 Å². The van der Waals surface area contributed by atoms with E-state index in [2.05, 4.69) is 15.3 Å². The third-order valence-corrected chi connectivity index (χ3v) is 3.93. The van der Waals surface area contributed by atoms with E-state index in [1.54, 1.807) is 0 Å². The van der Waals surface area contributed by atoms with Crippen molar-refractivity contribution in [3.63, 3.8) is 0 Å². The van der Waals surface area contributed by atoms with Gasteiger partial charge in [-0.1, -0.05) is 6.42 Å². The SMILES string of the molecule is Cc1c(N)nc(C2CC2)nc1NCC1CCC1. The first-order chi connectivity index (χ1) is 8.24. The van der Waals surface area contributed by atoms with Gasteiger partial charge >= 0.3 is 0 Å². The first-order valence-electron chi connectivity index (χ1n) is 6.62. The third-order valence-electron chi connectivity index (χ3n) is 3.93. The molecule has 0 saturated heterocycles. The normalized spacial score (nSPS) is 20.1. The highest BCUT2D eigenvalue weighted by Crippen LogP contribution is 2.39. The van der Waals surface area contributed by atoms with Crippen LogP contribution in [0, 0.1) is 12.8 Å². The Labute approximate surface area is 102 Å². The van der Waals surface area contributed by atoms with Gasteiger partial charge in [0.05, 0.1) is 0 Å². The molecule has 0 aliphatic heterocycles. The Bertz CT molecular complexity index is 422. The fraction of sp³-hybridized carbons (Fsp3) is 0.692. The summed E-state index contributed by atoms with van der Waals surface area (Å²) in [7, 11) is 0. The average molecular weight is 232 g/mol. The predicted octanol–water partition coefficient (Wildman–Crippen LogP) is 2.46. The van der Waals surface area contributed by atoms with Gasteiger partial charge in [-0.05, 0) is 38.5 Å². The summed E-state index contributed by atoms with van der Waals surface area (Å²) in [4.78, 5) is 9.01. The van der Waals surface area contributed by atoms with E-state index in [9.17, 15) is 0 Å². The molecule has 0 spiro atoms. The van der Waals surface area contributed by atoms with Gasteiger partial charge in [-0.3, -0.25) is 0 Å². The molecule has 0 bridgehead atoms. The summed E-state index contributed by atoms with van der Waals surface area (Å²) in [6.45, 7) is 3.02. The van der Waals surface area contributed by atoms with Gasteiger partial charge in [-0.15, -0.1) is 0 Å². The summed E-state index contributed by atoms with van der Waals surface area (Å²) >= 11 is 0. The zero-order valence-corrected chi connectivity index (χ0v) is 10.4. The van der Waals surface area contributed by atoms with Crippen molar-refractivity contribution in [2.45, 2.75) is 44.9 Å². The molecule has 92 valence electrons. The fourth-order valence-electron chi connectivity index (χ4n) is 2.19. The Hall–Kier alpha value is -1.32. The minimum atomic E-state index is 0.558. The van der Waals surface area contributed by atoms with Crippen molar-refractivity contribution in [2.75, 3.05) is 17.6 Å². The van der Waals surface area contributed by atoms with Crippen LogP contribution in [0.15, 0.2) is 0 Å². The summed E-state index contributed by atoms with van der Waals surface area (Å²) in [5.74, 6) is 3.91. The van der Waals surface area contributed by atoms with E-state index in [1.165, 1.54) is 32.1 Å². The summed E-state index contributed by atoms with van der Waals surface area (Å²) in [5, 5.41) is 3.45. The summed E-state index contributed by atoms with van der Waals surface area (Å²) in [6.07, 6.45) is 6.50. The Morgan fingerprint density at radius 2 is 2.00 bits per heavy atom. The van der Waals surface area contributed by atoms with Crippen molar-refractivity contribution in [2.24, 2.45) is 5.92 Å². The van der Waals surface area contributed by atoms with Gasteiger partial charge in [0.25, 0.3) is 0 Å². The van der Waals surface area contributed by atoms with Crippen LogP contribution in [0.5, 0.6) is 0 Å². The van der Waals surface area contributed by atoms with Crippen LogP contribution in [0.2, 0.25) is 0 Å². The van der Waals surface area contributed by atoms with Crippen LogP contribution in [-0.4, -0.2) is 16.5 Å². The third kappa shape index (κ3) is 2.21. The lowest BCUT2D eigenvalue weighted by Crippen LogP contribution is -2.22. The largest absolute Gasteiger partial charge is 0.383 e. The topological polar surface area (TPSA) is 63.8 Å². The monoisotopic (exact) mass is 232 g/mol. The molecule has 0 atom stereocenters. The van der Waals surface area contributed by atoms with Crippen molar-refractivity contribution in [1.29, 1.82) is 0 Å². The van der Waals surface area contributed by atoms with E-state index < -0.39 is 0 Å². The van der Waals surface area contributed by atoms with Crippen LogP contribution in [-0.2, 0) is 0 Å². The maximum absolute atomic E-state index is 5.95. The standard InChI is InChI=1S/C13H20N4/c1-8-11(14)16-13(10-5-6-10)17-12(8)15-7-9-3-2-4-9/h9-10H,2-7H2,1H3,(H3,14,15,16,17). The lowest BCUT2D eigenvalue weighted by Gasteiger charge is -2.26. The molecule has 1 aromatic heterocycles. The zero-order valence-electron chi connectivity index (χ0n) is 10.4. The van der Waals surface area contributed by atoms with Gasteiger partial charge in [-0.2, -0.15) is 0 Å². The second-order valence-electron chi connectivity index (χ2n) is 5.39. The van der Waals surface area contributed by atoms with Gasteiger partial charge in [0, 0.05) is 18.0 Å². The predicted molar refractivity (Wildman–Crippen MR) is 69.0 cm³/mol. The van der Waals surface area contributed by atoms with Crippen molar-refractivity contribution < 1.29 is 0 Å². The number of anilines is 2. The molecule has 4 heteroatoms. The van der Waals surface area contributed by atoms with E-state index in [1.807, 2.05) is 6.92 Å². The first-order valence-corrected chi connectivity index (χ1v) is 6.62. The molecule has 0 amide bonds. The van der Waals surface area contributed by atoms with Gasteiger partial charge in [-0.25, -0.2) is 9.97 Å². The number of nitrogen functional groups attached to an aromatic ring is 1. The fourth-order valence-corrected chi connectivity index (χ4v) is 2.19. The molecule has 2 aliphatic rings. The van der Waals surface area contributed by atoms with E-state index in [0.29, 0.717) is 11.7 Å². The molecule has 4 nitrogen and oxygen atoms in total. The molecule has 2 aliphatic carbocycles. The van der Waals surface area contributed by atoms with Crippen LogP contribution in [0.3, 0.4) is 0 Å². The molecule has 0 unspecified atom stereocenters. The van der Waals surface area contributed by atoms with Crippen LogP contribution in [0.1, 0.15) is 49.4 Å². The zero-order chi connectivity index (χ0) is 11.8. The number of nitrogens with zero attached hydrogens (tertiary/aromatic N) is 2. The number of hydrogen-bond donors (Lipinski definition) is 2. The molecular formula is C13H20N4. The number of aromatic nitrogens is 2. The highest BCUT2D eigenvalue weighted by atomic mass is 15.1. The van der Waals surface area contributed by atoms with Crippen LogP contribution in [0.4, 0.5) is 11.6 Å². The quantitative estimate of drug-likeness (QED) is 0.837. The number of nitrogens with two attached hydrogens (primary N) is 1. The Balaban J connectivity index is 1.75. The highest BCUT2D eigenvalue weighted by Gasteiger charge is 2.28. The van der Waals surface area contributed by atoms with Crippen molar-refractivity contribution in [3.05, 3.63) is 11.4 Å². The summed E-state index contributed by atoms with van der Waals surface area (Å²) < 4.78 is 0. The molecule has 17 heavy (non-hydrogen) atoms. The first kappa shape index (κ1) is 10.8. The van der Waals surface area contributed by atoms with E-state index >= 15 is 0 Å². The molecule has 1 aromatic rings. The molecular weight excluding hydrogens is 212 g/mol. The lowest BCUT2D eigenvalue weighted by atomic mass is 9.85. The number of nitrogens with one attached hydrogen (secondary N) is 1. The van der Waals surface area contributed by atoms with E-state index in [4.69, 9.17) is 5.73 Å².